The molecule has 3 rings (SSSR count). The molecule has 0 aliphatic heterocycles. The molecule has 124 valence electrons. The van der Waals surface area contributed by atoms with E-state index >= 15 is 0 Å². The Hall–Kier alpha value is -2.19. The number of nitrogens with zero attached hydrogens (tertiary/aromatic N) is 3. The quantitative estimate of drug-likeness (QED) is 0.526. The number of benzene rings is 1. The van der Waals surface area contributed by atoms with Gasteiger partial charge in [-0.25, -0.2) is 18.7 Å². The van der Waals surface area contributed by atoms with Crippen LogP contribution in [0.3, 0.4) is 0 Å². The highest BCUT2D eigenvalue weighted by Gasteiger charge is 2.19. The zero-order chi connectivity index (χ0) is 17.4. The molecule has 9 heteroatoms. The van der Waals surface area contributed by atoms with E-state index in [0.29, 0.717) is 0 Å². The number of hydrogen-bond acceptors (Lipinski definition) is 4. The van der Waals surface area contributed by atoms with Gasteiger partial charge in [0.15, 0.2) is 5.65 Å². The van der Waals surface area contributed by atoms with E-state index in [2.05, 4.69) is 9.97 Å². The Bertz CT molecular complexity index is 1020. The summed E-state index contributed by atoms with van der Waals surface area (Å²) >= 11 is 6.07. The van der Waals surface area contributed by atoms with Crippen LogP contribution in [0.25, 0.3) is 16.7 Å². The number of hydrogen-bond donors (Lipinski definition) is 0. The molecule has 0 spiro atoms. The minimum atomic E-state index is -1.55. The summed E-state index contributed by atoms with van der Waals surface area (Å²) in [5.74, 6) is -1.64. The Balaban J connectivity index is 2.47. The minimum absolute atomic E-state index is 0.0534. The highest BCUT2D eigenvalue weighted by molar-refractivity contribution is 7.84. The maximum Gasteiger partial charge on any atom is 0.256 e. The van der Waals surface area contributed by atoms with Gasteiger partial charge in [-0.3, -0.25) is 13.6 Å². The molecule has 1 aromatic carbocycles. The molecule has 24 heavy (non-hydrogen) atoms. The molecule has 0 saturated heterocycles. The van der Waals surface area contributed by atoms with Gasteiger partial charge in [0.1, 0.15) is 22.5 Å². The molecule has 2 heterocycles. The summed E-state index contributed by atoms with van der Waals surface area (Å²) in [6.07, 6.45) is 0. The van der Waals surface area contributed by atoms with E-state index in [1.165, 1.54) is 12.1 Å². The van der Waals surface area contributed by atoms with Gasteiger partial charge >= 0.3 is 0 Å². The number of rotatable bonds is 3. The van der Waals surface area contributed by atoms with E-state index in [4.69, 9.17) is 11.6 Å². The van der Waals surface area contributed by atoms with Crippen molar-refractivity contribution >= 4 is 33.4 Å². The molecule has 0 N–H and O–H groups in total. The molecule has 1 unspecified atom stereocenters. The van der Waals surface area contributed by atoms with Crippen molar-refractivity contribution in [3.8, 4) is 5.69 Å². The van der Waals surface area contributed by atoms with Crippen LogP contribution in [0.1, 0.15) is 6.92 Å². The van der Waals surface area contributed by atoms with Crippen molar-refractivity contribution in [2.75, 3.05) is 5.75 Å². The monoisotopic (exact) mass is 369 g/mol. The van der Waals surface area contributed by atoms with Gasteiger partial charge in [0.05, 0.1) is 16.2 Å². The Morgan fingerprint density at radius 1 is 1.17 bits per heavy atom. The van der Waals surface area contributed by atoms with Crippen LogP contribution in [-0.2, 0) is 10.8 Å². The number of fused-ring (bicyclic) bond motifs is 1. The van der Waals surface area contributed by atoms with Gasteiger partial charge in [0, 0.05) is 11.8 Å². The van der Waals surface area contributed by atoms with Crippen molar-refractivity contribution in [2.24, 2.45) is 0 Å². The average molecular weight is 370 g/mol. The van der Waals surface area contributed by atoms with Gasteiger partial charge < -0.3 is 0 Å². The molecule has 0 saturated carbocycles. The van der Waals surface area contributed by atoms with Crippen LogP contribution in [0.15, 0.2) is 40.3 Å². The van der Waals surface area contributed by atoms with Crippen molar-refractivity contribution in [3.05, 3.63) is 57.5 Å². The van der Waals surface area contributed by atoms with Gasteiger partial charge in [-0.2, -0.15) is 0 Å². The predicted molar refractivity (Wildman–Crippen MR) is 87.0 cm³/mol. The molecule has 0 bridgehead atoms. The third kappa shape index (κ3) is 2.71. The topological polar surface area (TPSA) is 64.8 Å². The summed E-state index contributed by atoms with van der Waals surface area (Å²) in [4.78, 5) is 20.2. The number of pyridine rings is 1. The maximum absolute atomic E-state index is 14.1. The van der Waals surface area contributed by atoms with E-state index in [1.54, 1.807) is 6.92 Å². The lowest BCUT2D eigenvalue weighted by molar-refractivity contribution is 0.568. The highest BCUT2D eigenvalue weighted by Crippen LogP contribution is 2.24. The van der Waals surface area contributed by atoms with Crippen LogP contribution < -0.4 is 5.56 Å². The smallest absolute Gasteiger partial charge is 0.256 e. The zero-order valence-corrected chi connectivity index (χ0v) is 13.9. The fraction of sp³-hybridized carbons (Fsp3) is 0.133. The van der Waals surface area contributed by atoms with E-state index in [-0.39, 0.29) is 27.1 Å². The zero-order valence-electron chi connectivity index (χ0n) is 12.3. The second-order valence-electron chi connectivity index (χ2n) is 4.75. The van der Waals surface area contributed by atoms with Crippen LogP contribution in [0, 0.1) is 11.6 Å². The van der Waals surface area contributed by atoms with Crippen molar-refractivity contribution in [2.45, 2.75) is 12.1 Å². The molecule has 0 aliphatic carbocycles. The number of para-hydroxylation sites is 1. The van der Waals surface area contributed by atoms with Gasteiger partial charge in [-0.1, -0.05) is 24.6 Å². The SMILES string of the molecule is CCS(=O)c1nc(Cl)c2ccc(=O)n(-c3c(F)cccc3F)c2n1. The molecule has 0 amide bonds. The summed E-state index contributed by atoms with van der Waals surface area (Å²) in [5.41, 5.74) is -1.38. The van der Waals surface area contributed by atoms with Crippen molar-refractivity contribution in [3.63, 3.8) is 0 Å². The Kier molecular flexibility index (Phi) is 4.42. The summed E-state index contributed by atoms with van der Waals surface area (Å²) in [6.45, 7) is 1.66. The molecule has 0 radical (unpaired) electrons. The molecule has 0 fully saturated rings. The maximum atomic E-state index is 14.1. The largest absolute Gasteiger partial charge is 0.269 e. The second-order valence-corrected chi connectivity index (χ2v) is 6.74. The lowest BCUT2D eigenvalue weighted by Gasteiger charge is -2.12. The van der Waals surface area contributed by atoms with Crippen molar-refractivity contribution in [1.29, 1.82) is 0 Å². The first-order valence-corrected chi connectivity index (χ1v) is 8.55. The highest BCUT2D eigenvalue weighted by atomic mass is 35.5. The van der Waals surface area contributed by atoms with Gasteiger partial charge in [-0.05, 0) is 18.2 Å². The Morgan fingerprint density at radius 3 is 2.46 bits per heavy atom. The first-order valence-electron chi connectivity index (χ1n) is 6.86. The molecule has 1 atom stereocenters. The van der Waals surface area contributed by atoms with Crippen molar-refractivity contribution in [1.82, 2.24) is 14.5 Å². The minimum Gasteiger partial charge on any atom is -0.269 e. The lowest BCUT2D eigenvalue weighted by atomic mass is 10.2. The fourth-order valence-corrected chi connectivity index (χ4v) is 3.13. The van der Waals surface area contributed by atoms with E-state index in [1.807, 2.05) is 0 Å². The summed E-state index contributed by atoms with van der Waals surface area (Å²) in [6, 6.07) is 5.70. The normalized spacial score (nSPS) is 12.5. The summed E-state index contributed by atoms with van der Waals surface area (Å²) in [5, 5.41) is 0.0594. The standard InChI is InChI=1S/C15H10ClF2N3O2S/c1-2-24(23)15-19-13(16)8-6-7-11(22)21(14(8)20-15)12-9(17)4-3-5-10(12)18/h3-7H,2H2,1H3. The first-order chi connectivity index (χ1) is 11.4. The molecule has 2 aromatic heterocycles. The van der Waals surface area contributed by atoms with Crippen LogP contribution in [-0.4, -0.2) is 24.5 Å². The Labute approximate surface area is 142 Å². The van der Waals surface area contributed by atoms with E-state index in [9.17, 15) is 17.8 Å². The lowest BCUT2D eigenvalue weighted by Crippen LogP contribution is -2.21. The molecular weight excluding hydrogens is 360 g/mol. The van der Waals surface area contributed by atoms with Crippen LogP contribution in [0.4, 0.5) is 8.78 Å². The molecule has 3 aromatic rings. The third-order valence-electron chi connectivity index (χ3n) is 3.31. The number of aromatic nitrogens is 3. The second kappa shape index (κ2) is 6.37. The summed E-state index contributed by atoms with van der Waals surface area (Å²) < 4.78 is 41.0. The van der Waals surface area contributed by atoms with Crippen LogP contribution in [0.5, 0.6) is 0 Å². The van der Waals surface area contributed by atoms with Gasteiger partial charge in [-0.15, -0.1) is 0 Å². The molecular formula is C15H10ClF2N3O2S. The van der Waals surface area contributed by atoms with Gasteiger partial charge in [0.25, 0.3) is 5.56 Å². The fourth-order valence-electron chi connectivity index (χ4n) is 2.21. The third-order valence-corrected chi connectivity index (χ3v) is 4.71. The average Bonchev–Trinajstić information content (AvgIpc) is 2.55. The summed E-state index contributed by atoms with van der Waals surface area (Å²) in [7, 11) is -1.55. The van der Waals surface area contributed by atoms with Crippen LogP contribution >= 0.6 is 11.6 Å². The van der Waals surface area contributed by atoms with E-state index in [0.717, 1.165) is 22.8 Å². The molecule has 5 nitrogen and oxygen atoms in total. The predicted octanol–water partition coefficient (Wildman–Crippen LogP) is 2.84. The number of halogens is 3. The Morgan fingerprint density at radius 2 is 1.83 bits per heavy atom. The first kappa shape index (κ1) is 16.7. The molecule has 0 aliphatic rings. The van der Waals surface area contributed by atoms with Crippen molar-refractivity contribution < 1.29 is 13.0 Å². The van der Waals surface area contributed by atoms with Crippen LogP contribution in [0.2, 0.25) is 5.15 Å². The van der Waals surface area contributed by atoms with Gasteiger partial charge in [0.2, 0.25) is 5.16 Å². The van der Waals surface area contributed by atoms with E-state index < -0.39 is 33.7 Å².